The lowest BCUT2D eigenvalue weighted by atomic mass is 9.78. The topological polar surface area (TPSA) is 32.3 Å². The fourth-order valence-corrected chi connectivity index (χ4v) is 3.22. The Hall–Kier alpha value is -0.0800. The first-order chi connectivity index (χ1) is 8.79. The molecular weight excluding hydrogens is 222 g/mol. The molecule has 1 heterocycles. The van der Waals surface area contributed by atoms with Crippen LogP contribution in [0.5, 0.6) is 0 Å². The highest BCUT2D eigenvalue weighted by atomic mass is 16.3. The molecule has 0 aliphatic carbocycles. The van der Waals surface area contributed by atoms with E-state index >= 15 is 0 Å². The average Bonchev–Trinajstić information content (AvgIpc) is 2.40. The quantitative estimate of drug-likeness (QED) is 0.615. The summed E-state index contributed by atoms with van der Waals surface area (Å²) in [5.74, 6) is 1.27. The van der Waals surface area contributed by atoms with Gasteiger partial charge in [-0.2, -0.15) is 0 Å². The van der Waals surface area contributed by atoms with Gasteiger partial charge in [0.05, 0.1) is 6.10 Å². The zero-order chi connectivity index (χ0) is 13.2. The molecule has 1 saturated heterocycles. The Morgan fingerprint density at radius 1 is 1.11 bits per heavy atom. The predicted molar refractivity (Wildman–Crippen MR) is 78.8 cm³/mol. The Labute approximate surface area is 114 Å². The molecular formula is C16H33NO. The molecule has 3 unspecified atom stereocenters. The van der Waals surface area contributed by atoms with Crippen LogP contribution in [0.3, 0.4) is 0 Å². The van der Waals surface area contributed by atoms with E-state index in [2.05, 4.69) is 19.2 Å². The Morgan fingerprint density at radius 2 is 1.83 bits per heavy atom. The first-order valence-corrected chi connectivity index (χ1v) is 8.18. The first kappa shape index (κ1) is 16.0. The molecule has 1 aliphatic rings. The Balaban J connectivity index is 2.32. The summed E-state index contributed by atoms with van der Waals surface area (Å²) in [7, 11) is 0. The molecule has 3 atom stereocenters. The van der Waals surface area contributed by atoms with Crippen molar-refractivity contribution in [2.45, 2.75) is 77.7 Å². The maximum absolute atomic E-state index is 10.4. The van der Waals surface area contributed by atoms with Crippen LogP contribution >= 0.6 is 0 Å². The number of unbranched alkanes of at least 4 members (excludes halogenated alkanes) is 4. The molecule has 1 rings (SSSR count). The maximum Gasteiger partial charge on any atom is 0.0583 e. The molecule has 0 aromatic heterocycles. The third kappa shape index (κ3) is 5.71. The van der Waals surface area contributed by atoms with E-state index in [9.17, 15) is 5.11 Å². The summed E-state index contributed by atoms with van der Waals surface area (Å²) in [6.07, 6.45) is 11.2. The first-order valence-electron chi connectivity index (χ1n) is 8.18. The van der Waals surface area contributed by atoms with Crippen molar-refractivity contribution in [3.8, 4) is 0 Å². The van der Waals surface area contributed by atoms with Gasteiger partial charge in [0.1, 0.15) is 0 Å². The molecule has 1 aliphatic heterocycles. The highest BCUT2D eigenvalue weighted by Crippen LogP contribution is 2.29. The van der Waals surface area contributed by atoms with Crippen LogP contribution in [-0.4, -0.2) is 24.3 Å². The molecule has 0 spiro atoms. The van der Waals surface area contributed by atoms with Crippen LogP contribution in [0.4, 0.5) is 0 Å². The van der Waals surface area contributed by atoms with Crippen LogP contribution in [0.2, 0.25) is 0 Å². The molecule has 0 aromatic carbocycles. The van der Waals surface area contributed by atoms with Crippen molar-refractivity contribution >= 4 is 0 Å². The van der Waals surface area contributed by atoms with Crippen molar-refractivity contribution in [2.75, 3.05) is 13.1 Å². The molecule has 1 fully saturated rings. The normalized spacial score (nSPS) is 26.2. The maximum atomic E-state index is 10.4. The zero-order valence-electron chi connectivity index (χ0n) is 12.5. The third-order valence-electron chi connectivity index (χ3n) is 4.45. The second-order valence-electron chi connectivity index (χ2n) is 5.98. The van der Waals surface area contributed by atoms with Crippen molar-refractivity contribution in [1.29, 1.82) is 0 Å². The summed E-state index contributed by atoms with van der Waals surface area (Å²) in [6, 6.07) is 0. The molecule has 108 valence electrons. The van der Waals surface area contributed by atoms with Crippen molar-refractivity contribution in [2.24, 2.45) is 11.8 Å². The van der Waals surface area contributed by atoms with E-state index in [0.717, 1.165) is 25.4 Å². The highest BCUT2D eigenvalue weighted by molar-refractivity contribution is 4.83. The van der Waals surface area contributed by atoms with Gasteiger partial charge in [0.25, 0.3) is 0 Å². The fraction of sp³-hybridized carbons (Fsp3) is 1.00. The van der Waals surface area contributed by atoms with Crippen molar-refractivity contribution < 1.29 is 5.11 Å². The zero-order valence-corrected chi connectivity index (χ0v) is 12.5. The summed E-state index contributed by atoms with van der Waals surface area (Å²) in [4.78, 5) is 0. The van der Waals surface area contributed by atoms with E-state index in [1.165, 1.54) is 51.4 Å². The van der Waals surface area contributed by atoms with Gasteiger partial charge in [0.2, 0.25) is 0 Å². The second kappa shape index (κ2) is 9.80. The van der Waals surface area contributed by atoms with E-state index in [0.29, 0.717) is 5.92 Å². The summed E-state index contributed by atoms with van der Waals surface area (Å²) in [6.45, 7) is 6.67. The van der Waals surface area contributed by atoms with Gasteiger partial charge >= 0.3 is 0 Å². The van der Waals surface area contributed by atoms with E-state index in [1.54, 1.807) is 0 Å². The van der Waals surface area contributed by atoms with Crippen LogP contribution in [-0.2, 0) is 0 Å². The Morgan fingerprint density at radius 3 is 2.56 bits per heavy atom. The lowest BCUT2D eigenvalue weighted by Gasteiger charge is -2.35. The number of hydrogen-bond acceptors (Lipinski definition) is 2. The third-order valence-corrected chi connectivity index (χ3v) is 4.45. The lowest BCUT2D eigenvalue weighted by molar-refractivity contribution is 0.0441. The van der Waals surface area contributed by atoms with Gasteiger partial charge in [-0.25, -0.2) is 0 Å². The fourth-order valence-electron chi connectivity index (χ4n) is 3.22. The van der Waals surface area contributed by atoms with Gasteiger partial charge < -0.3 is 10.4 Å². The average molecular weight is 255 g/mol. The van der Waals surface area contributed by atoms with E-state index < -0.39 is 0 Å². The van der Waals surface area contributed by atoms with Crippen LogP contribution < -0.4 is 5.32 Å². The van der Waals surface area contributed by atoms with Gasteiger partial charge in [-0.05, 0) is 31.7 Å². The van der Waals surface area contributed by atoms with Gasteiger partial charge in [-0.1, -0.05) is 52.4 Å². The van der Waals surface area contributed by atoms with E-state index in [4.69, 9.17) is 0 Å². The van der Waals surface area contributed by atoms with Gasteiger partial charge in [-0.3, -0.25) is 0 Å². The smallest absolute Gasteiger partial charge is 0.0583 e. The minimum absolute atomic E-state index is 0.0732. The number of rotatable bonds is 9. The molecule has 2 heteroatoms. The molecule has 0 amide bonds. The van der Waals surface area contributed by atoms with Crippen LogP contribution in [0.25, 0.3) is 0 Å². The SMILES string of the molecule is CCCCCC(O)C1CNCCC1CCCCC. The second-order valence-corrected chi connectivity index (χ2v) is 5.98. The molecule has 0 saturated carbocycles. The minimum Gasteiger partial charge on any atom is -0.393 e. The monoisotopic (exact) mass is 255 g/mol. The molecule has 18 heavy (non-hydrogen) atoms. The van der Waals surface area contributed by atoms with Crippen molar-refractivity contribution in [1.82, 2.24) is 5.32 Å². The predicted octanol–water partition coefficient (Wildman–Crippen LogP) is 3.73. The number of nitrogens with one attached hydrogen (secondary N) is 1. The summed E-state index contributed by atoms with van der Waals surface area (Å²) in [5, 5.41) is 13.9. The molecule has 0 radical (unpaired) electrons. The number of piperidine rings is 1. The number of aliphatic hydroxyl groups is 1. The Bertz CT molecular complexity index is 196. The van der Waals surface area contributed by atoms with E-state index in [1.807, 2.05) is 0 Å². The highest BCUT2D eigenvalue weighted by Gasteiger charge is 2.29. The van der Waals surface area contributed by atoms with Gasteiger partial charge in [0.15, 0.2) is 0 Å². The lowest BCUT2D eigenvalue weighted by Crippen LogP contribution is -2.42. The van der Waals surface area contributed by atoms with Crippen LogP contribution in [0.1, 0.15) is 71.6 Å². The van der Waals surface area contributed by atoms with Gasteiger partial charge in [0, 0.05) is 12.5 Å². The summed E-state index contributed by atoms with van der Waals surface area (Å²) >= 11 is 0. The minimum atomic E-state index is -0.0732. The molecule has 0 aromatic rings. The molecule has 2 nitrogen and oxygen atoms in total. The van der Waals surface area contributed by atoms with Crippen LogP contribution in [0.15, 0.2) is 0 Å². The standard InChI is InChI=1S/C16H33NO/c1-3-5-7-9-14-11-12-17-13-15(14)16(18)10-8-6-4-2/h14-18H,3-13H2,1-2H3. The summed E-state index contributed by atoms with van der Waals surface area (Å²) in [5.41, 5.74) is 0. The Kier molecular flexibility index (Phi) is 8.70. The van der Waals surface area contributed by atoms with Gasteiger partial charge in [-0.15, -0.1) is 0 Å². The molecule has 2 N–H and O–H groups in total. The largest absolute Gasteiger partial charge is 0.393 e. The van der Waals surface area contributed by atoms with Crippen molar-refractivity contribution in [3.63, 3.8) is 0 Å². The van der Waals surface area contributed by atoms with Crippen LogP contribution in [0, 0.1) is 11.8 Å². The van der Waals surface area contributed by atoms with Crippen molar-refractivity contribution in [3.05, 3.63) is 0 Å². The number of aliphatic hydroxyl groups excluding tert-OH is 1. The van der Waals surface area contributed by atoms with E-state index in [-0.39, 0.29) is 6.10 Å². The molecule has 0 bridgehead atoms. The summed E-state index contributed by atoms with van der Waals surface area (Å²) < 4.78 is 0. The number of hydrogen-bond donors (Lipinski definition) is 2.